The molecule has 0 radical (unpaired) electrons. The third-order valence-electron chi connectivity index (χ3n) is 3.17. The molecule has 0 bridgehead atoms. The van der Waals surface area contributed by atoms with Crippen molar-refractivity contribution < 1.29 is 9.90 Å². The molecule has 0 aliphatic carbocycles. The van der Waals surface area contributed by atoms with E-state index in [1.165, 1.54) is 25.7 Å². The molecule has 1 saturated heterocycles. The SMILES string of the molecule is CCCCCCCN1C(=O)CCC1CO. The van der Waals surface area contributed by atoms with E-state index < -0.39 is 0 Å². The zero-order valence-electron chi connectivity index (χ0n) is 9.74. The van der Waals surface area contributed by atoms with Gasteiger partial charge in [0, 0.05) is 13.0 Å². The van der Waals surface area contributed by atoms with Crippen LogP contribution in [-0.4, -0.2) is 35.1 Å². The van der Waals surface area contributed by atoms with E-state index in [1.807, 2.05) is 4.90 Å². The Hall–Kier alpha value is -0.570. The van der Waals surface area contributed by atoms with Crippen LogP contribution in [0.4, 0.5) is 0 Å². The van der Waals surface area contributed by atoms with Crippen LogP contribution in [0, 0.1) is 0 Å². The fraction of sp³-hybridized carbons (Fsp3) is 0.917. The summed E-state index contributed by atoms with van der Waals surface area (Å²) in [7, 11) is 0. The second-order valence-electron chi connectivity index (χ2n) is 4.38. The molecular weight excluding hydrogens is 190 g/mol. The quantitative estimate of drug-likeness (QED) is 0.657. The first-order valence-corrected chi connectivity index (χ1v) is 6.20. The Bertz CT molecular complexity index is 194. The molecule has 1 aliphatic rings. The summed E-state index contributed by atoms with van der Waals surface area (Å²) in [5, 5.41) is 9.10. The average molecular weight is 213 g/mol. The molecule has 1 N–H and O–H groups in total. The highest BCUT2D eigenvalue weighted by Gasteiger charge is 2.29. The number of rotatable bonds is 7. The van der Waals surface area contributed by atoms with Crippen LogP contribution in [0.2, 0.25) is 0 Å². The molecule has 1 amide bonds. The van der Waals surface area contributed by atoms with Crippen molar-refractivity contribution in [2.75, 3.05) is 13.2 Å². The molecule has 1 heterocycles. The van der Waals surface area contributed by atoms with Gasteiger partial charge in [-0.2, -0.15) is 0 Å². The Kier molecular flexibility index (Phi) is 5.69. The van der Waals surface area contributed by atoms with E-state index in [9.17, 15) is 4.79 Å². The van der Waals surface area contributed by atoms with Crippen LogP contribution in [0.15, 0.2) is 0 Å². The van der Waals surface area contributed by atoms with Crippen molar-refractivity contribution in [3.05, 3.63) is 0 Å². The summed E-state index contributed by atoms with van der Waals surface area (Å²) < 4.78 is 0. The number of unbranched alkanes of at least 4 members (excludes halogenated alkanes) is 4. The molecule has 88 valence electrons. The zero-order valence-corrected chi connectivity index (χ0v) is 9.74. The molecule has 0 aromatic carbocycles. The highest BCUT2D eigenvalue weighted by molar-refractivity contribution is 5.78. The summed E-state index contributed by atoms with van der Waals surface area (Å²) >= 11 is 0. The van der Waals surface area contributed by atoms with Crippen LogP contribution in [0.5, 0.6) is 0 Å². The van der Waals surface area contributed by atoms with Gasteiger partial charge in [0.15, 0.2) is 0 Å². The maximum absolute atomic E-state index is 11.5. The highest BCUT2D eigenvalue weighted by Crippen LogP contribution is 2.19. The standard InChI is InChI=1S/C12H23NO2/c1-2-3-4-5-6-9-13-11(10-14)7-8-12(13)15/h11,14H,2-10H2,1H3. The first-order chi connectivity index (χ1) is 7.29. The molecule has 1 rings (SSSR count). The summed E-state index contributed by atoms with van der Waals surface area (Å²) in [5.41, 5.74) is 0. The summed E-state index contributed by atoms with van der Waals surface area (Å²) in [5.74, 6) is 0.226. The largest absolute Gasteiger partial charge is 0.394 e. The lowest BCUT2D eigenvalue weighted by Crippen LogP contribution is -2.36. The van der Waals surface area contributed by atoms with Gasteiger partial charge in [0.25, 0.3) is 0 Å². The molecule has 1 unspecified atom stereocenters. The van der Waals surface area contributed by atoms with Gasteiger partial charge in [0.1, 0.15) is 0 Å². The fourth-order valence-corrected chi connectivity index (χ4v) is 2.18. The van der Waals surface area contributed by atoms with E-state index in [4.69, 9.17) is 5.11 Å². The van der Waals surface area contributed by atoms with Gasteiger partial charge < -0.3 is 10.0 Å². The van der Waals surface area contributed by atoms with Crippen LogP contribution in [0.3, 0.4) is 0 Å². The van der Waals surface area contributed by atoms with Crippen LogP contribution in [0.1, 0.15) is 51.9 Å². The van der Waals surface area contributed by atoms with Gasteiger partial charge in [-0.05, 0) is 12.8 Å². The summed E-state index contributed by atoms with van der Waals surface area (Å²) in [6.45, 7) is 3.17. The van der Waals surface area contributed by atoms with Crippen molar-refractivity contribution in [1.82, 2.24) is 4.90 Å². The number of aliphatic hydroxyl groups is 1. The van der Waals surface area contributed by atoms with E-state index in [0.717, 1.165) is 19.4 Å². The Morgan fingerprint density at radius 3 is 2.73 bits per heavy atom. The van der Waals surface area contributed by atoms with Crippen molar-refractivity contribution >= 4 is 5.91 Å². The lowest BCUT2D eigenvalue weighted by Gasteiger charge is -2.22. The number of amides is 1. The second-order valence-corrected chi connectivity index (χ2v) is 4.38. The van der Waals surface area contributed by atoms with E-state index >= 15 is 0 Å². The third-order valence-corrected chi connectivity index (χ3v) is 3.17. The number of aliphatic hydroxyl groups excluding tert-OH is 1. The van der Waals surface area contributed by atoms with E-state index in [0.29, 0.717) is 6.42 Å². The maximum Gasteiger partial charge on any atom is 0.222 e. The highest BCUT2D eigenvalue weighted by atomic mass is 16.3. The minimum atomic E-state index is 0.101. The van der Waals surface area contributed by atoms with Gasteiger partial charge in [-0.3, -0.25) is 4.79 Å². The first kappa shape index (κ1) is 12.5. The van der Waals surface area contributed by atoms with Crippen molar-refractivity contribution in [2.24, 2.45) is 0 Å². The summed E-state index contributed by atoms with van der Waals surface area (Å²) in [4.78, 5) is 13.3. The Balaban J connectivity index is 2.15. The molecule has 3 heteroatoms. The molecule has 0 saturated carbocycles. The molecule has 15 heavy (non-hydrogen) atoms. The molecule has 1 aliphatic heterocycles. The van der Waals surface area contributed by atoms with Gasteiger partial charge in [0.2, 0.25) is 5.91 Å². The van der Waals surface area contributed by atoms with Crippen LogP contribution < -0.4 is 0 Å². The van der Waals surface area contributed by atoms with E-state index in [2.05, 4.69) is 6.92 Å². The predicted molar refractivity (Wildman–Crippen MR) is 60.6 cm³/mol. The Morgan fingerprint density at radius 2 is 2.07 bits per heavy atom. The number of carbonyl (C=O) groups is 1. The fourth-order valence-electron chi connectivity index (χ4n) is 2.18. The van der Waals surface area contributed by atoms with E-state index in [1.54, 1.807) is 0 Å². The van der Waals surface area contributed by atoms with Crippen molar-refractivity contribution in [1.29, 1.82) is 0 Å². The average Bonchev–Trinajstić information content (AvgIpc) is 2.60. The molecule has 3 nitrogen and oxygen atoms in total. The third kappa shape index (κ3) is 3.82. The number of nitrogens with zero attached hydrogens (tertiary/aromatic N) is 1. The van der Waals surface area contributed by atoms with Crippen LogP contribution in [-0.2, 0) is 4.79 Å². The van der Waals surface area contributed by atoms with Crippen molar-refractivity contribution in [3.63, 3.8) is 0 Å². The smallest absolute Gasteiger partial charge is 0.222 e. The molecular formula is C12H23NO2. The summed E-state index contributed by atoms with van der Waals surface area (Å²) in [6.07, 6.45) is 7.56. The van der Waals surface area contributed by atoms with Crippen LogP contribution in [0.25, 0.3) is 0 Å². The normalized spacial score (nSPS) is 21.3. The second kappa shape index (κ2) is 6.83. The van der Waals surface area contributed by atoms with Gasteiger partial charge in [0.05, 0.1) is 12.6 Å². The topological polar surface area (TPSA) is 40.5 Å². The van der Waals surface area contributed by atoms with E-state index in [-0.39, 0.29) is 18.6 Å². The lowest BCUT2D eigenvalue weighted by atomic mass is 10.1. The minimum absolute atomic E-state index is 0.101. The lowest BCUT2D eigenvalue weighted by molar-refractivity contribution is -0.129. The Morgan fingerprint density at radius 1 is 1.33 bits per heavy atom. The van der Waals surface area contributed by atoms with Crippen molar-refractivity contribution in [2.45, 2.75) is 57.9 Å². The van der Waals surface area contributed by atoms with Gasteiger partial charge in [-0.25, -0.2) is 0 Å². The van der Waals surface area contributed by atoms with Crippen molar-refractivity contribution in [3.8, 4) is 0 Å². The Labute approximate surface area is 92.5 Å². The van der Waals surface area contributed by atoms with Gasteiger partial charge in [-0.1, -0.05) is 32.6 Å². The number of hydrogen-bond acceptors (Lipinski definition) is 2. The zero-order chi connectivity index (χ0) is 11.1. The van der Waals surface area contributed by atoms with Gasteiger partial charge >= 0.3 is 0 Å². The number of hydrogen-bond donors (Lipinski definition) is 1. The molecule has 0 aromatic heterocycles. The van der Waals surface area contributed by atoms with Crippen LogP contribution >= 0.6 is 0 Å². The molecule has 1 atom stereocenters. The predicted octanol–water partition coefficient (Wildman–Crippen LogP) is 1.94. The minimum Gasteiger partial charge on any atom is -0.394 e. The molecule has 1 fully saturated rings. The van der Waals surface area contributed by atoms with Gasteiger partial charge in [-0.15, -0.1) is 0 Å². The maximum atomic E-state index is 11.5. The molecule has 0 spiro atoms. The number of carbonyl (C=O) groups excluding carboxylic acids is 1. The number of likely N-dealkylation sites (tertiary alicyclic amines) is 1. The first-order valence-electron chi connectivity index (χ1n) is 6.20. The molecule has 0 aromatic rings. The monoisotopic (exact) mass is 213 g/mol. The summed E-state index contributed by atoms with van der Waals surface area (Å²) in [6, 6.07) is 0.101.